The lowest BCUT2D eigenvalue weighted by atomic mass is 9.87. The number of carbonyl (C=O) groups excluding carboxylic acids is 5. The SMILES string of the molecule is CC[C@H](C)[C@@H]([C@@H](CC(=O)N1CCC[C@H]1[C@H](OC)[C@@H](C)C(=O)N[C@@H](Cc1ccccc1)C(=O)OCc1ccccc1)OC)N(C)[C@H](C(=O)NC(=O)[C@@H](NC)C(C)C)C(C)C. The first-order chi connectivity index (χ1) is 28.1. The van der Waals surface area contributed by atoms with E-state index in [0.29, 0.717) is 13.0 Å². The van der Waals surface area contributed by atoms with Crippen LogP contribution in [-0.4, -0.2) is 117 Å². The van der Waals surface area contributed by atoms with Gasteiger partial charge in [0.2, 0.25) is 23.6 Å². The van der Waals surface area contributed by atoms with Crippen LogP contribution in [0.15, 0.2) is 60.7 Å². The van der Waals surface area contributed by atoms with Crippen LogP contribution in [0, 0.1) is 23.7 Å². The minimum atomic E-state index is -0.943. The maximum atomic E-state index is 14.4. The van der Waals surface area contributed by atoms with Crippen molar-refractivity contribution >= 4 is 29.6 Å². The molecule has 2 aromatic carbocycles. The van der Waals surface area contributed by atoms with Crippen molar-refractivity contribution in [2.75, 3.05) is 34.9 Å². The number of carbonyl (C=O) groups is 5. The number of rotatable bonds is 23. The highest BCUT2D eigenvalue weighted by Gasteiger charge is 2.44. The maximum absolute atomic E-state index is 14.4. The van der Waals surface area contributed by atoms with Crippen LogP contribution in [0.1, 0.15) is 85.3 Å². The maximum Gasteiger partial charge on any atom is 0.329 e. The molecule has 0 aliphatic carbocycles. The van der Waals surface area contributed by atoms with E-state index in [4.69, 9.17) is 14.2 Å². The predicted molar refractivity (Wildman–Crippen MR) is 229 cm³/mol. The van der Waals surface area contributed by atoms with E-state index in [-0.39, 0.29) is 61.0 Å². The summed E-state index contributed by atoms with van der Waals surface area (Å²) in [7, 11) is 6.68. The van der Waals surface area contributed by atoms with Gasteiger partial charge in [-0.3, -0.25) is 29.4 Å². The number of likely N-dealkylation sites (tertiary alicyclic amines) is 1. The number of esters is 1. The van der Waals surface area contributed by atoms with Gasteiger partial charge in [0, 0.05) is 33.2 Å². The number of benzene rings is 2. The van der Waals surface area contributed by atoms with Crippen LogP contribution in [-0.2, 0) is 51.2 Å². The van der Waals surface area contributed by atoms with Crippen LogP contribution >= 0.6 is 0 Å². The fraction of sp³-hybridized carbons (Fsp3) is 0.630. The molecule has 13 nitrogen and oxygen atoms in total. The highest BCUT2D eigenvalue weighted by molar-refractivity contribution is 6.00. The fourth-order valence-electron chi connectivity index (χ4n) is 8.55. The van der Waals surface area contributed by atoms with Crippen LogP contribution in [0.5, 0.6) is 0 Å². The summed E-state index contributed by atoms with van der Waals surface area (Å²) in [4.78, 5) is 72.5. The summed E-state index contributed by atoms with van der Waals surface area (Å²) in [6.07, 6.45) is 1.16. The van der Waals surface area contributed by atoms with Gasteiger partial charge in [0.25, 0.3) is 0 Å². The van der Waals surface area contributed by atoms with Crippen LogP contribution in [0.3, 0.4) is 0 Å². The lowest BCUT2D eigenvalue weighted by molar-refractivity contribution is -0.150. The Kier molecular flexibility index (Phi) is 20.2. The van der Waals surface area contributed by atoms with Crippen molar-refractivity contribution in [2.45, 2.75) is 130 Å². The van der Waals surface area contributed by atoms with Gasteiger partial charge in [0.05, 0.1) is 42.7 Å². The Bertz CT molecular complexity index is 1630. The van der Waals surface area contributed by atoms with Crippen molar-refractivity contribution in [1.82, 2.24) is 25.8 Å². The number of hydrogen-bond acceptors (Lipinski definition) is 10. The number of nitrogens with zero attached hydrogens (tertiary/aromatic N) is 2. The van der Waals surface area contributed by atoms with E-state index in [9.17, 15) is 24.0 Å². The highest BCUT2D eigenvalue weighted by Crippen LogP contribution is 2.30. The quantitative estimate of drug-likeness (QED) is 0.134. The molecule has 0 bridgehead atoms. The first kappa shape index (κ1) is 49.2. The summed E-state index contributed by atoms with van der Waals surface area (Å²) in [5.41, 5.74) is 1.71. The van der Waals surface area contributed by atoms with Gasteiger partial charge in [-0.25, -0.2) is 4.79 Å². The zero-order valence-electron chi connectivity index (χ0n) is 37.2. The summed E-state index contributed by atoms with van der Waals surface area (Å²) in [5.74, 6) is -2.71. The minimum Gasteiger partial charge on any atom is -0.459 e. The molecule has 1 heterocycles. The largest absolute Gasteiger partial charge is 0.459 e. The fourth-order valence-corrected chi connectivity index (χ4v) is 8.55. The molecule has 1 aliphatic rings. The third-order valence-corrected chi connectivity index (χ3v) is 11.9. The molecule has 1 saturated heterocycles. The average molecular weight is 822 g/mol. The molecule has 0 spiro atoms. The van der Waals surface area contributed by atoms with Crippen LogP contribution in [0.4, 0.5) is 0 Å². The van der Waals surface area contributed by atoms with Crippen LogP contribution in [0.25, 0.3) is 0 Å². The molecule has 0 aromatic heterocycles. The van der Waals surface area contributed by atoms with Crippen molar-refractivity contribution in [3.8, 4) is 0 Å². The molecule has 0 unspecified atom stereocenters. The molecule has 328 valence electrons. The van der Waals surface area contributed by atoms with E-state index in [1.807, 2.05) is 100 Å². The topological polar surface area (TPSA) is 156 Å². The molecule has 3 rings (SSSR count). The molecule has 4 amide bonds. The molecule has 0 saturated carbocycles. The first-order valence-corrected chi connectivity index (χ1v) is 21.2. The van der Waals surface area contributed by atoms with Gasteiger partial charge in [0.1, 0.15) is 12.6 Å². The molecule has 13 heteroatoms. The summed E-state index contributed by atoms with van der Waals surface area (Å²) in [6.45, 7) is 14.2. The summed E-state index contributed by atoms with van der Waals surface area (Å²) in [6, 6.07) is 15.9. The van der Waals surface area contributed by atoms with Crippen molar-refractivity contribution in [1.29, 1.82) is 0 Å². The molecule has 1 aliphatic heterocycles. The average Bonchev–Trinajstić information content (AvgIpc) is 3.70. The van der Waals surface area contributed by atoms with Gasteiger partial charge in [-0.2, -0.15) is 0 Å². The van der Waals surface area contributed by atoms with Gasteiger partial charge in [0.15, 0.2) is 0 Å². The predicted octanol–water partition coefficient (Wildman–Crippen LogP) is 4.76. The molecular weight excluding hydrogens is 751 g/mol. The molecule has 3 N–H and O–H groups in total. The lowest BCUT2D eigenvalue weighted by Crippen LogP contribution is -2.60. The summed E-state index contributed by atoms with van der Waals surface area (Å²) < 4.78 is 17.8. The second-order valence-corrected chi connectivity index (χ2v) is 16.7. The number of ether oxygens (including phenoxy) is 3. The van der Waals surface area contributed by atoms with Crippen molar-refractivity contribution < 1.29 is 38.2 Å². The summed E-state index contributed by atoms with van der Waals surface area (Å²) >= 11 is 0. The number of methoxy groups -OCH3 is 2. The first-order valence-electron chi connectivity index (χ1n) is 21.2. The normalized spacial score (nSPS) is 18.4. The van der Waals surface area contributed by atoms with Gasteiger partial charge < -0.3 is 29.7 Å². The Morgan fingerprint density at radius 2 is 1.44 bits per heavy atom. The monoisotopic (exact) mass is 822 g/mol. The number of amides is 4. The van der Waals surface area contributed by atoms with Crippen molar-refractivity contribution in [3.05, 3.63) is 71.8 Å². The summed E-state index contributed by atoms with van der Waals surface area (Å²) in [5, 5.41) is 8.59. The van der Waals surface area contributed by atoms with E-state index < -0.39 is 54.2 Å². The number of imide groups is 1. The second kappa shape index (κ2) is 24.2. The van der Waals surface area contributed by atoms with E-state index in [0.717, 1.165) is 24.0 Å². The van der Waals surface area contributed by atoms with E-state index in [1.54, 1.807) is 33.1 Å². The van der Waals surface area contributed by atoms with E-state index in [1.165, 1.54) is 0 Å². The van der Waals surface area contributed by atoms with Crippen LogP contribution in [0.2, 0.25) is 0 Å². The smallest absolute Gasteiger partial charge is 0.329 e. The van der Waals surface area contributed by atoms with Crippen molar-refractivity contribution in [3.63, 3.8) is 0 Å². The Labute approximate surface area is 352 Å². The van der Waals surface area contributed by atoms with E-state index >= 15 is 0 Å². The molecule has 0 radical (unpaired) electrons. The second-order valence-electron chi connectivity index (χ2n) is 16.7. The number of nitrogens with one attached hydrogen (secondary N) is 3. The van der Waals surface area contributed by atoms with Gasteiger partial charge >= 0.3 is 5.97 Å². The highest BCUT2D eigenvalue weighted by atomic mass is 16.5. The standard InChI is InChI=1S/C46H71N5O8/c1-12-31(6)41(50(9)40(30(4)5)45(55)49-44(54)39(47-8)29(2)3)37(57-10)27-38(52)51-25-19-24-36(51)42(58-11)32(7)43(53)48-35(26-33-20-15-13-16-21-33)46(56)59-28-34-22-17-14-18-23-34/h13-18,20-23,29-32,35-37,39-42,47H,12,19,24-28H2,1-11H3,(H,48,53)(H,49,54,55)/t31-,32+,35-,36-,37+,39-,40-,41-,42+/m0/s1. The molecule has 59 heavy (non-hydrogen) atoms. The molecule has 2 aromatic rings. The van der Waals surface area contributed by atoms with E-state index in [2.05, 4.69) is 29.8 Å². The Morgan fingerprint density at radius 3 is 1.97 bits per heavy atom. The van der Waals surface area contributed by atoms with Gasteiger partial charge in [-0.1, -0.05) is 116 Å². The third-order valence-electron chi connectivity index (χ3n) is 11.9. The lowest BCUT2D eigenvalue weighted by Gasteiger charge is -2.43. The molecule has 9 atom stereocenters. The number of hydrogen-bond donors (Lipinski definition) is 3. The molecule has 1 fully saturated rings. The zero-order chi connectivity index (χ0) is 43.8. The van der Waals surface area contributed by atoms with Crippen LogP contribution < -0.4 is 16.0 Å². The third kappa shape index (κ3) is 13.7. The minimum absolute atomic E-state index is 0.0187. The number of likely N-dealkylation sites (N-methyl/N-ethyl adjacent to an activating group) is 2. The van der Waals surface area contributed by atoms with Crippen molar-refractivity contribution in [2.24, 2.45) is 23.7 Å². The van der Waals surface area contributed by atoms with Gasteiger partial charge in [-0.15, -0.1) is 0 Å². The Balaban J connectivity index is 1.79. The van der Waals surface area contributed by atoms with Gasteiger partial charge in [-0.05, 0) is 55.8 Å². The Hall–Kier alpha value is -4.17. The zero-order valence-corrected chi connectivity index (χ0v) is 37.2. The molecular formula is C46H71N5O8. The Morgan fingerprint density at radius 1 is 0.831 bits per heavy atom.